The topological polar surface area (TPSA) is 138 Å². The Bertz CT molecular complexity index is 1450. The number of benzene rings is 1. The smallest absolute Gasteiger partial charge is 0.327 e. The Kier molecular flexibility index (Phi) is 7.08. The molecule has 0 bridgehead atoms. The van der Waals surface area contributed by atoms with E-state index in [2.05, 4.69) is 37.7 Å². The molecule has 0 radical (unpaired) electrons. The zero-order valence-corrected chi connectivity index (χ0v) is 22.3. The van der Waals surface area contributed by atoms with Crippen LogP contribution in [0.4, 0.5) is 16.2 Å². The second-order valence-electron chi connectivity index (χ2n) is 9.73. The molecule has 2 unspecified atom stereocenters. The summed E-state index contributed by atoms with van der Waals surface area (Å²) in [7, 11) is 0. The summed E-state index contributed by atoms with van der Waals surface area (Å²) in [4.78, 5) is 45.0. The lowest BCUT2D eigenvalue weighted by molar-refractivity contribution is -0.123. The molecule has 40 heavy (non-hydrogen) atoms. The van der Waals surface area contributed by atoms with Gasteiger partial charge in [0.2, 0.25) is 17.7 Å². The van der Waals surface area contributed by atoms with Gasteiger partial charge >= 0.3 is 6.03 Å². The van der Waals surface area contributed by atoms with E-state index in [4.69, 9.17) is 4.74 Å². The van der Waals surface area contributed by atoms with Crippen molar-refractivity contribution in [3.05, 3.63) is 73.1 Å². The lowest BCUT2D eigenvalue weighted by Crippen LogP contribution is -2.56. The van der Waals surface area contributed by atoms with Crippen LogP contribution >= 0.6 is 11.8 Å². The van der Waals surface area contributed by atoms with Gasteiger partial charge in [0.1, 0.15) is 16.0 Å². The van der Waals surface area contributed by atoms with Crippen molar-refractivity contribution in [2.24, 2.45) is 0 Å². The Labute approximate surface area is 234 Å². The molecule has 204 valence electrons. The minimum Gasteiger partial charge on any atom is -0.438 e. The molecule has 11 nitrogen and oxygen atoms in total. The van der Waals surface area contributed by atoms with Gasteiger partial charge in [0.25, 0.3) is 0 Å². The number of rotatable bonds is 7. The predicted octanol–water partition coefficient (Wildman–Crippen LogP) is 3.77. The van der Waals surface area contributed by atoms with E-state index in [1.165, 1.54) is 17.8 Å². The largest absolute Gasteiger partial charge is 0.438 e. The number of anilines is 2. The molecule has 1 fully saturated rings. The normalized spacial score (nSPS) is 23.0. The van der Waals surface area contributed by atoms with E-state index in [1.807, 2.05) is 0 Å². The number of nitrogens with one attached hydrogen (secondary N) is 3. The van der Waals surface area contributed by atoms with Gasteiger partial charge in [0.15, 0.2) is 0 Å². The number of ether oxygens (including phenoxy) is 1. The van der Waals surface area contributed by atoms with Crippen LogP contribution < -0.4 is 25.6 Å². The van der Waals surface area contributed by atoms with Gasteiger partial charge in [0.05, 0.1) is 17.4 Å². The quantitative estimate of drug-likeness (QED) is 0.373. The average Bonchev–Trinajstić information content (AvgIpc) is 3.35. The second-order valence-corrected chi connectivity index (χ2v) is 10.9. The number of hydrogen-bond donors (Lipinski definition) is 3. The number of carbonyl (C=O) groups excluding carboxylic acids is 3. The predicted molar refractivity (Wildman–Crippen MR) is 148 cm³/mol. The lowest BCUT2D eigenvalue weighted by Gasteiger charge is -2.36. The van der Waals surface area contributed by atoms with Crippen molar-refractivity contribution in [2.45, 2.75) is 54.1 Å². The summed E-state index contributed by atoms with van der Waals surface area (Å²) in [6.07, 6.45) is 7.95. The summed E-state index contributed by atoms with van der Waals surface area (Å²) in [6.45, 7) is 3.53. The van der Waals surface area contributed by atoms with Crippen LogP contribution in [-0.2, 0) is 9.59 Å². The molecular formula is C28H27N7O4S. The molecule has 1 saturated carbocycles. The van der Waals surface area contributed by atoms with Crippen LogP contribution in [0.25, 0.3) is 0 Å². The second kappa shape index (κ2) is 11.0. The molecule has 2 aromatic heterocycles. The first kappa shape index (κ1) is 25.8. The van der Waals surface area contributed by atoms with Gasteiger partial charge in [-0.1, -0.05) is 31.2 Å². The molecule has 6 rings (SSSR count). The third kappa shape index (κ3) is 4.97. The molecule has 4 amide bonds. The molecule has 4 atom stereocenters. The van der Waals surface area contributed by atoms with Crippen LogP contribution in [0.5, 0.6) is 11.6 Å². The summed E-state index contributed by atoms with van der Waals surface area (Å²) >= 11 is 1.34. The highest BCUT2D eigenvalue weighted by atomic mass is 32.2. The fourth-order valence-electron chi connectivity index (χ4n) is 5.39. The third-order valence-corrected chi connectivity index (χ3v) is 8.52. The van der Waals surface area contributed by atoms with Crippen LogP contribution in [0.2, 0.25) is 0 Å². The fraction of sp³-hybridized carbons (Fsp3) is 0.286. The van der Waals surface area contributed by atoms with Gasteiger partial charge in [-0.05, 0) is 55.3 Å². The van der Waals surface area contributed by atoms with Crippen LogP contribution in [0, 0.1) is 0 Å². The molecule has 1 aliphatic carbocycles. The number of hydrogen-bond acceptors (Lipinski definition) is 8. The Morgan fingerprint density at radius 3 is 2.58 bits per heavy atom. The zero-order chi connectivity index (χ0) is 27.6. The van der Waals surface area contributed by atoms with E-state index in [9.17, 15) is 14.4 Å². The summed E-state index contributed by atoms with van der Waals surface area (Å²) in [6, 6.07) is 11.1. The lowest BCUT2D eigenvalue weighted by atomic mass is 9.89. The van der Waals surface area contributed by atoms with E-state index < -0.39 is 11.3 Å². The van der Waals surface area contributed by atoms with Gasteiger partial charge in [-0.2, -0.15) is 5.10 Å². The highest BCUT2D eigenvalue weighted by Crippen LogP contribution is 2.50. The van der Waals surface area contributed by atoms with Gasteiger partial charge in [-0.25, -0.2) is 9.78 Å². The number of urea groups is 1. The summed E-state index contributed by atoms with van der Waals surface area (Å²) in [5.74, 6) is 0.473. The monoisotopic (exact) mass is 557 g/mol. The maximum Gasteiger partial charge on any atom is 0.327 e. The van der Waals surface area contributed by atoms with Crippen LogP contribution in [-0.4, -0.2) is 50.4 Å². The summed E-state index contributed by atoms with van der Waals surface area (Å²) in [5.41, 5.74) is 2.13. The van der Waals surface area contributed by atoms with Crippen molar-refractivity contribution in [3.63, 3.8) is 0 Å². The Morgan fingerprint density at radius 1 is 1.07 bits per heavy atom. The minimum atomic E-state index is -0.588. The third-order valence-electron chi connectivity index (χ3n) is 7.24. The molecule has 3 aliphatic rings. The number of pyridine rings is 1. The molecule has 0 spiro atoms. The van der Waals surface area contributed by atoms with E-state index in [1.54, 1.807) is 59.8 Å². The van der Waals surface area contributed by atoms with Crippen molar-refractivity contribution >= 4 is 41.0 Å². The first-order valence-corrected chi connectivity index (χ1v) is 13.9. The Balaban J connectivity index is 1.21. The standard InChI is InChI=1S/C28H27N7O4S/c1-2-21(36)31-18-6-3-4-7-19(18)32-26(37)25-24-23-20(13-15-29-27(23)40-25)35(28(38)33-24)16-9-11-17(12-10-16)39-22-8-5-14-30-34-22/h2,5,8-15,18-19,24-25H,1,3-4,6-7H2,(H,31,36)(H,32,37)(H,33,38)/t18-,19+,24?,25?/m0/s1. The number of carbonyl (C=O) groups is 3. The van der Waals surface area contributed by atoms with Crippen molar-refractivity contribution < 1.29 is 19.1 Å². The summed E-state index contributed by atoms with van der Waals surface area (Å²) < 4.78 is 5.72. The number of aromatic nitrogens is 3. The van der Waals surface area contributed by atoms with Gasteiger partial charge in [-0.3, -0.25) is 14.5 Å². The molecule has 3 aromatic rings. The van der Waals surface area contributed by atoms with Gasteiger partial charge in [0, 0.05) is 36.1 Å². The molecule has 0 saturated heterocycles. The first-order chi connectivity index (χ1) is 19.5. The average molecular weight is 558 g/mol. The Morgan fingerprint density at radius 2 is 1.85 bits per heavy atom. The van der Waals surface area contributed by atoms with Crippen molar-refractivity contribution in [3.8, 4) is 11.6 Å². The first-order valence-electron chi connectivity index (χ1n) is 13.1. The van der Waals surface area contributed by atoms with Crippen molar-refractivity contribution in [2.75, 3.05) is 4.90 Å². The molecule has 12 heteroatoms. The molecule has 1 aromatic carbocycles. The molecule has 2 aliphatic heterocycles. The van der Waals surface area contributed by atoms with E-state index in [-0.39, 0.29) is 29.9 Å². The van der Waals surface area contributed by atoms with Gasteiger partial charge < -0.3 is 20.7 Å². The van der Waals surface area contributed by atoms with Crippen molar-refractivity contribution in [1.29, 1.82) is 0 Å². The van der Waals surface area contributed by atoms with Crippen LogP contribution in [0.3, 0.4) is 0 Å². The number of thioether (sulfide) groups is 1. The molecule has 3 N–H and O–H groups in total. The van der Waals surface area contributed by atoms with Crippen LogP contribution in [0.1, 0.15) is 37.3 Å². The number of nitrogens with zero attached hydrogens (tertiary/aromatic N) is 4. The van der Waals surface area contributed by atoms with Crippen molar-refractivity contribution in [1.82, 2.24) is 31.1 Å². The highest BCUT2D eigenvalue weighted by molar-refractivity contribution is 8.01. The number of amides is 4. The van der Waals surface area contributed by atoms with Gasteiger partial charge in [-0.15, -0.1) is 5.10 Å². The molecule has 4 heterocycles. The van der Waals surface area contributed by atoms with Crippen LogP contribution in [0.15, 0.2) is 72.5 Å². The Hall–Kier alpha value is -4.45. The fourth-order valence-corrected chi connectivity index (χ4v) is 6.63. The van der Waals surface area contributed by atoms with E-state index >= 15 is 0 Å². The van der Waals surface area contributed by atoms with E-state index in [0.29, 0.717) is 28.0 Å². The highest BCUT2D eigenvalue weighted by Gasteiger charge is 2.47. The maximum absolute atomic E-state index is 13.6. The minimum absolute atomic E-state index is 0.164. The molecular weight excluding hydrogens is 530 g/mol. The summed E-state index contributed by atoms with van der Waals surface area (Å²) in [5, 5.41) is 17.0. The zero-order valence-electron chi connectivity index (χ0n) is 21.4. The SMILES string of the molecule is C=CC(=O)N[C@H]1CCCC[C@H]1NC(=O)C1Sc2nccc3c2C1NC(=O)N3c1ccc(Oc2cccnn2)cc1. The van der Waals surface area contributed by atoms with E-state index in [0.717, 1.165) is 31.2 Å². The maximum atomic E-state index is 13.6.